The van der Waals surface area contributed by atoms with Crippen molar-refractivity contribution in [3.05, 3.63) is 52.2 Å². The number of phenolic OH excluding ortho intramolecular Hbond substituents is 2. The zero-order chi connectivity index (χ0) is 17.3. The maximum Gasteiger partial charge on any atom is 0.235 e. The number of pyridine rings is 1. The molecule has 4 N–H and O–H groups in total. The number of benzene rings is 2. The molecule has 5 heteroatoms. The first-order valence-corrected chi connectivity index (χ1v) is 7.91. The lowest BCUT2D eigenvalue weighted by molar-refractivity contribution is 0.452. The highest BCUT2D eigenvalue weighted by molar-refractivity contribution is 5.90. The lowest BCUT2D eigenvalue weighted by Gasteiger charge is -2.10. The minimum absolute atomic E-state index is 0.0476. The zero-order valence-corrected chi connectivity index (χ0v) is 13.3. The molecule has 2 aromatic carbocycles. The molecule has 0 spiro atoms. The van der Waals surface area contributed by atoms with E-state index in [0.717, 1.165) is 25.3 Å². The first-order valence-electron chi connectivity index (χ1n) is 7.91. The number of aromatic amines is 1. The summed E-state index contributed by atoms with van der Waals surface area (Å²) < 4.78 is 0. The van der Waals surface area contributed by atoms with Gasteiger partial charge in [-0.05, 0) is 18.4 Å². The summed E-state index contributed by atoms with van der Waals surface area (Å²) in [6, 6.07) is 10.0. The fraction of sp³-hybridized carbons (Fsp3) is 0.211. The van der Waals surface area contributed by atoms with Crippen LogP contribution in [0.4, 0.5) is 0 Å². The van der Waals surface area contributed by atoms with Gasteiger partial charge in [-0.1, -0.05) is 37.6 Å². The Bertz CT molecular complexity index is 942. The first kappa shape index (κ1) is 15.9. The maximum absolute atomic E-state index is 12.4. The third-order valence-corrected chi connectivity index (χ3v) is 4.10. The molecule has 3 rings (SSSR count). The molecule has 24 heavy (non-hydrogen) atoms. The third kappa shape index (κ3) is 2.80. The molecule has 5 nitrogen and oxygen atoms in total. The number of hydrogen-bond acceptors (Lipinski definition) is 4. The van der Waals surface area contributed by atoms with Gasteiger partial charge in [0.25, 0.3) is 0 Å². The van der Waals surface area contributed by atoms with Crippen LogP contribution in [0.15, 0.2) is 41.2 Å². The molecule has 0 fully saturated rings. The molecular weight excluding hydrogens is 306 g/mol. The SMILES string of the molecule is CCCCc1ccc(-c2[nH]c3cc(O)cc(O)c3c(=O)c2O)cc1. The summed E-state index contributed by atoms with van der Waals surface area (Å²) in [4.78, 5) is 15.3. The molecule has 3 aromatic rings. The Morgan fingerprint density at radius 1 is 1.04 bits per heavy atom. The summed E-state index contributed by atoms with van der Waals surface area (Å²) in [5.74, 6) is -0.991. The highest BCUT2D eigenvalue weighted by Gasteiger charge is 2.16. The topological polar surface area (TPSA) is 93.5 Å². The van der Waals surface area contributed by atoms with E-state index in [1.165, 1.54) is 11.6 Å². The van der Waals surface area contributed by atoms with E-state index in [0.29, 0.717) is 5.56 Å². The van der Waals surface area contributed by atoms with Gasteiger partial charge in [0.05, 0.1) is 16.6 Å². The van der Waals surface area contributed by atoms with Crippen molar-refractivity contribution in [2.45, 2.75) is 26.2 Å². The molecule has 0 bridgehead atoms. The zero-order valence-electron chi connectivity index (χ0n) is 13.3. The first-order chi connectivity index (χ1) is 11.5. The van der Waals surface area contributed by atoms with Crippen LogP contribution in [0.25, 0.3) is 22.2 Å². The smallest absolute Gasteiger partial charge is 0.235 e. The fourth-order valence-electron chi connectivity index (χ4n) is 2.80. The molecule has 0 radical (unpaired) electrons. The summed E-state index contributed by atoms with van der Waals surface area (Å²) in [5, 5.41) is 29.6. The predicted molar refractivity (Wildman–Crippen MR) is 93.6 cm³/mol. The van der Waals surface area contributed by atoms with Crippen LogP contribution in [-0.4, -0.2) is 20.3 Å². The summed E-state index contributed by atoms with van der Waals surface area (Å²) in [5.41, 5.74) is 1.71. The van der Waals surface area contributed by atoms with Gasteiger partial charge < -0.3 is 20.3 Å². The van der Waals surface area contributed by atoms with E-state index in [4.69, 9.17) is 0 Å². The third-order valence-electron chi connectivity index (χ3n) is 4.10. The molecule has 0 saturated heterocycles. The molecule has 0 unspecified atom stereocenters. The Kier molecular flexibility index (Phi) is 4.16. The predicted octanol–water partition coefficient (Wildman–Crippen LogP) is 3.65. The van der Waals surface area contributed by atoms with Crippen molar-refractivity contribution in [2.24, 2.45) is 0 Å². The molecule has 124 valence electrons. The Labute approximate surface area is 138 Å². The van der Waals surface area contributed by atoms with Crippen LogP contribution in [0, 0.1) is 0 Å². The van der Waals surface area contributed by atoms with Crippen LogP contribution >= 0.6 is 0 Å². The van der Waals surface area contributed by atoms with Crippen LogP contribution in [-0.2, 0) is 6.42 Å². The van der Waals surface area contributed by atoms with Crippen molar-refractivity contribution in [1.82, 2.24) is 4.98 Å². The van der Waals surface area contributed by atoms with E-state index >= 15 is 0 Å². The number of fused-ring (bicyclic) bond motifs is 1. The second-order valence-corrected chi connectivity index (χ2v) is 5.87. The van der Waals surface area contributed by atoms with Gasteiger partial charge in [0.2, 0.25) is 5.43 Å². The number of aromatic nitrogens is 1. The van der Waals surface area contributed by atoms with E-state index in [-0.39, 0.29) is 28.1 Å². The molecule has 1 heterocycles. The Morgan fingerprint density at radius 3 is 2.42 bits per heavy atom. The Morgan fingerprint density at radius 2 is 1.75 bits per heavy atom. The monoisotopic (exact) mass is 325 g/mol. The van der Waals surface area contributed by atoms with Crippen molar-refractivity contribution in [3.8, 4) is 28.5 Å². The molecule has 0 amide bonds. The number of rotatable bonds is 4. The number of aromatic hydroxyl groups is 3. The average molecular weight is 325 g/mol. The van der Waals surface area contributed by atoms with Gasteiger partial charge in [-0.15, -0.1) is 0 Å². The van der Waals surface area contributed by atoms with Crippen LogP contribution in [0.2, 0.25) is 0 Å². The van der Waals surface area contributed by atoms with Crippen molar-refractivity contribution >= 4 is 10.9 Å². The maximum atomic E-state index is 12.4. The Hall–Kier alpha value is -2.95. The van der Waals surface area contributed by atoms with Gasteiger partial charge in [-0.2, -0.15) is 0 Å². The van der Waals surface area contributed by atoms with Crippen LogP contribution in [0.3, 0.4) is 0 Å². The van der Waals surface area contributed by atoms with E-state index in [2.05, 4.69) is 11.9 Å². The number of hydrogen-bond donors (Lipinski definition) is 4. The van der Waals surface area contributed by atoms with Gasteiger partial charge in [0, 0.05) is 17.7 Å². The largest absolute Gasteiger partial charge is 0.508 e. The highest BCUT2D eigenvalue weighted by Crippen LogP contribution is 2.32. The standard InChI is InChI=1S/C19H19NO4/c1-2-3-4-11-5-7-12(8-6-11)17-19(24)18(23)16-14(20-17)9-13(21)10-15(16)22/h5-10,21-22,24H,2-4H2,1H3,(H,20,23). The second-order valence-electron chi connectivity index (χ2n) is 5.87. The van der Waals surface area contributed by atoms with Gasteiger partial charge in [0.15, 0.2) is 5.75 Å². The molecular formula is C19H19NO4. The fourth-order valence-corrected chi connectivity index (χ4v) is 2.80. The molecule has 0 saturated carbocycles. The molecule has 0 aliphatic heterocycles. The normalized spacial score (nSPS) is 11.0. The van der Waals surface area contributed by atoms with Crippen molar-refractivity contribution in [3.63, 3.8) is 0 Å². The van der Waals surface area contributed by atoms with Crippen LogP contribution in [0.1, 0.15) is 25.3 Å². The van der Waals surface area contributed by atoms with E-state index in [1.54, 1.807) is 0 Å². The number of nitrogens with one attached hydrogen (secondary N) is 1. The van der Waals surface area contributed by atoms with Gasteiger partial charge >= 0.3 is 0 Å². The van der Waals surface area contributed by atoms with Crippen LogP contribution in [0.5, 0.6) is 17.2 Å². The van der Waals surface area contributed by atoms with Crippen molar-refractivity contribution in [1.29, 1.82) is 0 Å². The van der Waals surface area contributed by atoms with Crippen molar-refractivity contribution < 1.29 is 15.3 Å². The van der Waals surface area contributed by atoms with Crippen LogP contribution < -0.4 is 5.43 Å². The Balaban J connectivity index is 2.13. The van der Waals surface area contributed by atoms with Crippen molar-refractivity contribution in [2.75, 3.05) is 0 Å². The average Bonchev–Trinajstić information content (AvgIpc) is 2.56. The number of unbranched alkanes of at least 4 members (excludes halogenated alkanes) is 1. The summed E-state index contributed by atoms with van der Waals surface area (Å²) in [6.45, 7) is 2.14. The lowest BCUT2D eigenvalue weighted by Crippen LogP contribution is -2.05. The van der Waals surface area contributed by atoms with Gasteiger partial charge in [-0.25, -0.2) is 0 Å². The molecule has 1 aromatic heterocycles. The minimum atomic E-state index is -0.675. The number of aryl methyl sites for hydroxylation is 1. The quantitative estimate of drug-likeness (QED) is 0.589. The number of phenols is 2. The van der Waals surface area contributed by atoms with Gasteiger partial charge in [-0.3, -0.25) is 4.79 Å². The van der Waals surface area contributed by atoms with E-state index in [1.807, 2.05) is 24.3 Å². The number of H-pyrrole nitrogens is 1. The summed E-state index contributed by atoms with van der Waals surface area (Å²) in [6.07, 6.45) is 3.21. The highest BCUT2D eigenvalue weighted by atomic mass is 16.3. The molecule has 0 aliphatic rings. The second kappa shape index (κ2) is 6.28. The van der Waals surface area contributed by atoms with E-state index in [9.17, 15) is 20.1 Å². The molecule has 0 aliphatic carbocycles. The minimum Gasteiger partial charge on any atom is -0.508 e. The van der Waals surface area contributed by atoms with Gasteiger partial charge in [0.1, 0.15) is 11.5 Å². The lowest BCUT2D eigenvalue weighted by atomic mass is 10.0. The summed E-state index contributed by atoms with van der Waals surface area (Å²) in [7, 11) is 0. The van der Waals surface area contributed by atoms with E-state index < -0.39 is 11.2 Å². The summed E-state index contributed by atoms with van der Waals surface area (Å²) >= 11 is 0. The molecule has 0 atom stereocenters.